The van der Waals surface area contributed by atoms with E-state index in [1.54, 1.807) is 0 Å². The molecule has 0 atom stereocenters. The second kappa shape index (κ2) is 6.94. The number of imide groups is 1. The van der Waals surface area contributed by atoms with Gasteiger partial charge in [-0.15, -0.1) is 0 Å². The van der Waals surface area contributed by atoms with E-state index in [4.69, 9.17) is 16.7 Å². The fourth-order valence-corrected chi connectivity index (χ4v) is 2.80. The van der Waals surface area contributed by atoms with Crippen LogP contribution < -0.4 is 5.32 Å². The van der Waals surface area contributed by atoms with Crippen LogP contribution in [0.1, 0.15) is 25.0 Å². The molecule has 1 aliphatic rings. The summed E-state index contributed by atoms with van der Waals surface area (Å²) in [6, 6.07) is 3.76. The highest BCUT2D eigenvalue weighted by molar-refractivity contribution is 6.32. The van der Waals surface area contributed by atoms with Crippen molar-refractivity contribution < 1.29 is 14.7 Å². The van der Waals surface area contributed by atoms with Crippen molar-refractivity contribution in [1.82, 2.24) is 4.90 Å². The van der Waals surface area contributed by atoms with Gasteiger partial charge in [0.15, 0.2) is 0 Å². The number of carbonyl (C=O) groups excluding carboxylic acids is 2. The van der Waals surface area contributed by atoms with Crippen LogP contribution in [-0.4, -0.2) is 35.0 Å². The van der Waals surface area contributed by atoms with Gasteiger partial charge in [-0.2, -0.15) is 0 Å². The number of aliphatic hydroxyl groups is 1. The first-order valence-electron chi connectivity index (χ1n) is 7.29. The van der Waals surface area contributed by atoms with Crippen LogP contribution in [0.15, 0.2) is 23.9 Å². The van der Waals surface area contributed by atoms with Crippen LogP contribution >= 0.6 is 11.6 Å². The van der Waals surface area contributed by atoms with Gasteiger partial charge in [0.2, 0.25) is 0 Å². The summed E-state index contributed by atoms with van der Waals surface area (Å²) >= 11 is 6.23. The summed E-state index contributed by atoms with van der Waals surface area (Å²) in [5.41, 5.74) is 2.95. The second-order valence-corrected chi connectivity index (χ2v) is 5.38. The Bertz CT molecular complexity index is 641. The lowest BCUT2D eigenvalue weighted by Crippen LogP contribution is -2.34. The van der Waals surface area contributed by atoms with Crippen molar-refractivity contribution in [2.24, 2.45) is 0 Å². The van der Waals surface area contributed by atoms with Gasteiger partial charge in [0, 0.05) is 16.8 Å². The van der Waals surface area contributed by atoms with Crippen LogP contribution in [0.3, 0.4) is 0 Å². The molecule has 0 unspecified atom stereocenters. The average Bonchev–Trinajstić information content (AvgIpc) is 2.76. The monoisotopic (exact) mass is 322 g/mol. The first kappa shape index (κ1) is 16.5. The normalized spacial score (nSPS) is 14.5. The Kier molecular flexibility index (Phi) is 5.21. The van der Waals surface area contributed by atoms with E-state index in [1.165, 1.54) is 6.08 Å². The van der Waals surface area contributed by atoms with Gasteiger partial charge in [-0.05, 0) is 30.0 Å². The van der Waals surface area contributed by atoms with Crippen LogP contribution in [-0.2, 0) is 22.4 Å². The van der Waals surface area contributed by atoms with Gasteiger partial charge < -0.3 is 10.4 Å². The fraction of sp³-hybridized carbons (Fsp3) is 0.375. The van der Waals surface area contributed by atoms with E-state index in [9.17, 15) is 9.59 Å². The van der Waals surface area contributed by atoms with Gasteiger partial charge in [-0.1, -0.05) is 31.5 Å². The number of anilines is 1. The van der Waals surface area contributed by atoms with E-state index in [0.717, 1.165) is 28.1 Å². The zero-order valence-corrected chi connectivity index (χ0v) is 13.4. The highest BCUT2D eigenvalue weighted by atomic mass is 35.5. The van der Waals surface area contributed by atoms with Crippen molar-refractivity contribution >= 4 is 29.1 Å². The van der Waals surface area contributed by atoms with Gasteiger partial charge in [-0.3, -0.25) is 14.5 Å². The lowest BCUT2D eigenvalue weighted by Gasteiger charge is -2.18. The molecule has 0 radical (unpaired) electrons. The molecule has 6 heteroatoms. The molecule has 0 saturated heterocycles. The number of nitrogens with zero attached hydrogens (tertiary/aromatic N) is 1. The minimum absolute atomic E-state index is 0.00381. The number of amides is 2. The summed E-state index contributed by atoms with van der Waals surface area (Å²) in [6.45, 7) is 3.74. The van der Waals surface area contributed by atoms with Crippen molar-refractivity contribution in [3.8, 4) is 0 Å². The molecule has 1 aromatic rings. The standard InChI is InChI=1S/C16H19ClN2O3/c1-3-10-5-6-12(17)11(4-2)15(10)18-13-9-14(21)19(7-8-20)16(13)22/h5-6,9,18,20H,3-4,7-8H2,1-2H3. The summed E-state index contributed by atoms with van der Waals surface area (Å²) in [5.74, 6) is -0.845. The lowest BCUT2D eigenvalue weighted by molar-refractivity contribution is -0.137. The molecule has 22 heavy (non-hydrogen) atoms. The molecule has 0 fully saturated rings. The maximum Gasteiger partial charge on any atom is 0.277 e. The van der Waals surface area contributed by atoms with Gasteiger partial charge in [0.05, 0.1) is 13.2 Å². The molecular weight excluding hydrogens is 304 g/mol. The quantitative estimate of drug-likeness (QED) is 0.787. The van der Waals surface area contributed by atoms with Gasteiger partial charge in [-0.25, -0.2) is 0 Å². The molecule has 0 bridgehead atoms. The molecule has 5 nitrogen and oxygen atoms in total. The summed E-state index contributed by atoms with van der Waals surface area (Å²) < 4.78 is 0. The van der Waals surface area contributed by atoms with E-state index in [0.29, 0.717) is 11.4 Å². The van der Waals surface area contributed by atoms with Crippen LogP contribution in [0.2, 0.25) is 5.02 Å². The maximum atomic E-state index is 12.2. The number of hydrogen-bond donors (Lipinski definition) is 2. The molecule has 0 spiro atoms. The van der Waals surface area contributed by atoms with Crippen molar-refractivity contribution in [3.05, 3.63) is 40.1 Å². The third kappa shape index (κ3) is 3.00. The number of aryl methyl sites for hydroxylation is 1. The molecule has 2 amide bonds. The van der Waals surface area contributed by atoms with E-state index >= 15 is 0 Å². The Hall–Kier alpha value is -1.85. The highest BCUT2D eigenvalue weighted by Gasteiger charge is 2.31. The molecule has 0 aliphatic carbocycles. The van der Waals surface area contributed by atoms with Gasteiger partial charge in [0.25, 0.3) is 11.8 Å². The van der Waals surface area contributed by atoms with Gasteiger partial charge >= 0.3 is 0 Å². The molecule has 2 N–H and O–H groups in total. The summed E-state index contributed by atoms with van der Waals surface area (Å²) in [6.07, 6.45) is 2.75. The van der Waals surface area contributed by atoms with E-state index in [1.807, 2.05) is 26.0 Å². The van der Waals surface area contributed by atoms with Crippen molar-refractivity contribution in [2.45, 2.75) is 26.7 Å². The van der Waals surface area contributed by atoms with Crippen LogP contribution in [0, 0.1) is 0 Å². The molecule has 0 aromatic heterocycles. The summed E-state index contributed by atoms with van der Waals surface area (Å²) in [5, 5.41) is 12.6. The number of hydrogen-bond acceptors (Lipinski definition) is 4. The third-order valence-corrected chi connectivity index (χ3v) is 4.02. The van der Waals surface area contributed by atoms with Crippen molar-refractivity contribution in [2.75, 3.05) is 18.5 Å². The molecule has 0 saturated carbocycles. The Morgan fingerprint density at radius 1 is 1.23 bits per heavy atom. The largest absolute Gasteiger partial charge is 0.395 e. The second-order valence-electron chi connectivity index (χ2n) is 4.97. The van der Waals surface area contributed by atoms with E-state index in [-0.39, 0.29) is 18.8 Å². The maximum absolute atomic E-state index is 12.2. The number of β-amino-alcohol motifs (C(OH)–C–C–N with tert-alkyl or cyclic N) is 1. The number of aliphatic hydroxyl groups excluding tert-OH is 1. The Morgan fingerprint density at radius 3 is 2.55 bits per heavy atom. The number of halogens is 1. The summed E-state index contributed by atoms with van der Waals surface area (Å²) in [7, 11) is 0. The topological polar surface area (TPSA) is 69.6 Å². The van der Waals surface area contributed by atoms with Crippen LogP contribution in [0.5, 0.6) is 0 Å². The Balaban J connectivity index is 2.36. The predicted molar refractivity (Wildman–Crippen MR) is 85.7 cm³/mol. The van der Waals surface area contributed by atoms with Crippen LogP contribution in [0.4, 0.5) is 5.69 Å². The average molecular weight is 323 g/mol. The zero-order chi connectivity index (χ0) is 16.3. The Morgan fingerprint density at radius 2 is 1.95 bits per heavy atom. The Labute approximate surface area is 134 Å². The van der Waals surface area contributed by atoms with Crippen molar-refractivity contribution in [1.29, 1.82) is 0 Å². The zero-order valence-electron chi connectivity index (χ0n) is 12.6. The van der Waals surface area contributed by atoms with E-state index in [2.05, 4.69) is 5.32 Å². The van der Waals surface area contributed by atoms with Gasteiger partial charge in [0.1, 0.15) is 5.70 Å². The SMILES string of the molecule is CCc1ccc(Cl)c(CC)c1NC1=CC(=O)N(CCO)C1=O. The smallest absolute Gasteiger partial charge is 0.277 e. The van der Waals surface area contributed by atoms with E-state index < -0.39 is 11.8 Å². The number of nitrogens with one attached hydrogen (secondary N) is 1. The molecule has 1 aromatic carbocycles. The van der Waals surface area contributed by atoms with Crippen LogP contribution in [0.25, 0.3) is 0 Å². The highest BCUT2D eigenvalue weighted by Crippen LogP contribution is 2.31. The minimum atomic E-state index is -0.428. The first-order chi connectivity index (χ1) is 10.5. The third-order valence-electron chi connectivity index (χ3n) is 3.67. The molecule has 1 aliphatic heterocycles. The molecular formula is C16H19ClN2O3. The fourth-order valence-electron chi connectivity index (χ4n) is 2.51. The van der Waals surface area contributed by atoms with Crippen molar-refractivity contribution in [3.63, 3.8) is 0 Å². The molecule has 2 rings (SSSR count). The molecule has 118 valence electrons. The minimum Gasteiger partial charge on any atom is -0.395 e. The first-order valence-corrected chi connectivity index (χ1v) is 7.66. The lowest BCUT2D eigenvalue weighted by atomic mass is 10.0. The summed E-state index contributed by atoms with van der Waals surface area (Å²) in [4.78, 5) is 25.0. The number of carbonyl (C=O) groups is 2. The predicted octanol–water partition coefficient (Wildman–Crippen LogP) is 2.12. The number of benzene rings is 1. The molecule has 1 heterocycles. The number of rotatable bonds is 6.